The van der Waals surface area contributed by atoms with Crippen molar-refractivity contribution in [2.75, 3.05) is 13.2 Å². The van der Waals surface area contributed by atoms with E-state index in [1.165, 1.54) is 0 Å². The highest BCUT2D eigenvalue weighted by molar-refractivity contribution is 5.70. The van der Waals surface area contributed by atoms with Crippen molar-refractivity contribution in [1.29, 1.82) is 0 Å². The number of aliphatic hydroxyl groups excluding tert-OH is 6. The second-order valence-corrected chi connectivity index (χ2v) is 12.4. The van der Waals surface area contributed by atoms with E-state index in [9.17, 15) is 40.2 Å². The third-order valence-corrected chi connectivity index (χ3v) is 8.53. The number of aliphatic hydroxyl groups is 6. The highest BCUT2D eigenvalue weighted by atomic mass is 16.8. The Kier molecular flexibility index (Phi) is 20.5. The smallest absolute Gasteiger partial charge is 0.306 e. The number of rotatable bonds is 24. The van der Waals surface area contributed by atoms with Gasteiger partial charge in [-0.15, -0.1) is 13.2 Å². The molecule has 2 heterocycles. The normalized spacial score (nSPS) is 30.9. The van der Waals surface area contributed by atoms with Crippen LogP contribution in [-0.2, 0) is 33.3 Å². The van der Waals surface area contributed by atoms with E-state index in [4.69, 9.17) is 23.7 Å². The van der Waals surface area contributed by atoms with Crippen molar-refractivity contribution in [2.24, 2.45) is 0 Å². The van der Waals surface area contributed by atoms with E-state index < -0.39 is 86.6 Å². The molecule has 2 saturated heterocycles. The fourth-order valence-electron chi connectivity index (χ4n) is 5.67. The summed E-state index contributed by atoms with van der Waals surface area (Å²) in [5.74, 6) is -1.32. The van der Waals surface area contributed by atoms with E-state index in [1.54, 1.807) is 0 Å². The van der Waals surface area contributed by atoms with Crippen molar-refractivity contribution >= 4 is 11.9 Å². The van der Waals surface area contributed by atoms with Gasteiger partial charge in [-0.25, -0.2) is 0 Å². The van der Waals surface area contributed by atoms with Crippen molar-refractivity contribution in [3.8, 4) is 0 Å². The molecular weight excluding hydrogens is 616 g/mol. The second kappa shape index (κ2) is 23.4. The minimum absolute atomic E-state index is 0.0307. The number of carbonyl (C=O) groups excluding carboxylic acids is 2. The van der Waals surface area contributed by atoms with Crippen molar-refractivity contribution < 1.29 is 63.9 Å². The number of unbranched alkanes of at least 4 members (excludes halogenated alkanes) is 12. The summed E-state index contributed by atoms with van der Waals surface area (Å²) in [6.07, 6.45) is 0.855. The molecule has 0 aromatic rings. The maximum atomic E-state index is 13.0. The topological polar surface area (TPSA) is 202 Å². The molecule has 0 radical (unpaired) electrons. The predicted octanol–water partition coefficient (Wildman–Crippen LogP) is 2.32. The summed E-state index contributed by atoms with van der Waals surface area (Å²) in [6.45, 7) is 6.00. The summed E-state index contributed by atoms with van der Waals surface area (Å²) < 4.78 is 28.2. The van der Waals surface area contributed by atoms with Crippen LogP contribution in [0.4, 0.5) is 0 Å². The van der Waals surface area contributed by atoms with Gasteiger partial charge < -0.3 is 54.3 Å². The fourth-order valence-corrected chi connectivity index (χ4v) is 5.67. The van der Waals surface area contributed by atoms with Crippen LogP contribution >= 0.6 is 0 Å². The molecule has 2 aliphatic rings. The minimum Gasteiger partial charge on any atom is -0.455 e. The quantitative estimate of drug-likeness (QED) is 0.0495. The molecule has 6 N–H and O–H groups in total. The zero-order chi connectivity index (χ0) is 34.6. The monoisotopic (exact) mass is 674 g/mol. The Morgan fingerprint density at radius 1 is 0.553 bits per heavy atom. The molecule has 13 nitrogen and oxygen atoms in total. The van der Waals surface area contributed by atoms with Gasteiger partial charge in [-0.3, -0.25) is 9.59 Å². The highest BCUT2D eigenvalue weighted by Crippen LogP contribution is 2.31. The molecule has 13 heteroatoms. The Morgan fingerprint density at radius 2 is 0.979 bits per heavy atom. The van der Waals surface area contributed by atoms with Crippen LogP contribution in [-0.4, -0.2) is 117 Å². The number of allylic oxidation sites excluding steroid dienone is 2. The van der Waals surface area contributed by atoms with E-state index in [0.717, 1.165) is 77.0 Å². The van der Waals surface area contributed by atoms with E-state index in [1.807, 2.05) is 12.2 Å². The minimum atomic E-state index is -1.81. The van der Waals surface area contributed by atoms with Crippen LogP contribution in [0.1, 0.15) is 103 Å². The Morgan fingerprint density at radius 3 is 1.47 bits per heavy atom. The first kappa shape index (κ1) is 41.2. The van der Waals surface area contributed by atoms with E-state index in [2.05, 4.69) is 13.2 Å². The molecule has 2 rings (SSSR count). The van der Waals surface area contributed by atoms with Crippen LogP contribution in [0.3, 0.4) is 0 Å². The first-order valence-corrected chi connectivity index (χ1v) is 17.2. The molecule has 0 amide bonds. The lowest BCUT2D eigenvalue weighted by Gasteiger charge is -2.46. The van der Waals surface area contributed by atoms with Gasteiger partial charge in [-0.2, -0.15) is 0 Å². The van der Waals surface area contributed by atoms with Gasteiger partial charge >= 0.3 is 11.9 Å². The lowest BCUT2D eigenvalue weighted by atomic mass is 9.97. The van der Waals surface area contributed by atoms with E-state index in [-0.39, 0.29) is 12.8 Å². The van der Waals surface area contributed by atoms with Crippen LogP contribution < -0.4 is 0 Å². The lowest BCUT2D eigenvalue weighted by Crippen LogP contribution is -2.65. The summed E-state index contributed by atoms with van der Waals surface area (Å²) in [5, 5.41) is 61.5. The number of hydrogen-bond acceptors (Lipinski definition) is 13. The van der Waals surface area contributed by atoms with E-state index in [0.29, 0.717) is 12.8 Å². The second-order valence-electron chi connectivity index (χ2n) is 12.4. The molecule has 0 bridgehead atoms. The van der Waals surface area contributed by atoms with Crippen LogP contribution in [0.5, 0.6) is 0 Å². The number of esters is 2. The molecule has 0 unspecified atom stereocenters. The fraction of sp³-hybridized carbons (Fsp3) is 0.824. The molecule has 2 aliphatic heterocycles. The van der Waals surface area contributed by atoms with Gasteiger partial charge in [0.2, 0.25) is 6.29 Å². The molecule has 2 fully saturated rings. The maximum Gasteiger partial charge on any atom is 0.306 e. The average molecular weight is 675 g/mol. The van der Waals surface area contributed by atoms with Crippen molar-refractivity contribution in [1.82, 2.24) is 0 Å². The molecule has 10 atom stereocenters. The van der Waals surface area contributed by atoms with Crippen molar-refractivity contribution in [2.45, 2.75) is 164 Å². The summed E-state index contributed by atoms with van der Waals surface area (Å²) in [5.41, 5.74) is 0. The lowest BCUT2D eigenvalue weighted by molar-refractivity contribution is -0.377. The van der Waals surface area contributed by atoms with Crippen LogP contribution in [0.15, 0.2) is 25.3 Å². The first-order chi connectivity index (χ1) is 22.7. The van der Waals surface area contributed by atoms with Crippen LogP contribution in [0.25, 0.3) is 0 Å². The summed E-state index contributed by atoms with van der Waals surface area (Å²) in [7, 11) is 0. The number of hydrogen-bond donors (Lipinski definition) is 6. The molecule has 0 aromatic heterocycles. The molecule has 0 aromatic carbocycles. The molecule has 0 aliphatic carbocycles. The Bertz CT molecular complexity index is 899. The van der Waals surface area contributed by atoms with Gasteiger partial charge in [-0.1, -0.05) is 63.5 Å². The Balaban J connectivity index is 2.11. The molecular formula is C34H58O13. The Hall–Kier alpha value is -1.94. The highest BCUT2D eigenvalue weighted by Gasteiger charge is 2.53. The van der Waals surface area contributed by atoms with Crippen molar-refractivity contribution in [3.63, 3.8) is 0 Å². The largest absolute Gasteiger partial charge is 0.455 e. The average Bonchev–Trinajstić information content (AvgIpc) is 3.06. The number of carbonyl (C=O) groups is 2. The SMILES string of the molecule is C=CCCCCCCCCC(=O)O[C@H]1[C@@H](O[C@H]2O[C@H](CO)[C@@H](O)[C@H](O)[C@H]2O)O[C@H](CO)[C@@H](O)[C@@H]1OC(=O)CCCCCCCCC=C. The van der Waals surface area contributed by atoms with Gasteiger partial charge in [0.05, 0.1) is 13.2 Å². The van der Waals surface area contributed by atoms with Crippen LogP contribution in [0.2, 0.25) is 0 Å². The van der Waals surface area contributed by atoms with Gasteiger partial charge in [0, 0.05) is 12.8 Å². The predicted molar refractivity (Wildman–Crippen MR) is 171 cm³/mol. The van der Waals surface area contributed by atoms with Gasteiger partial charge in [0.15, 0.2) is 18.5 Å². The molecule has 272 valence electrons. The first-order valence-electron chi connectivity index (χ1n) is 17.2. The van der Waals surface area contributed by atoms with E-state index >= 15 is 0 Å². The van der Waals surface area contributed by atoms with Crippen molar-refractivity contribution in [3.05, 3.63) is 25.3 Å². The summed E-state index contributed by atoms with van der Waals surface area (Å²) >= 11 is 0. The molecule has 0 saturated carbocycles. The van der Waals surface area contributed by atoms with Gasteiger partial charge in [-0.05, 0) is 38.5 Å². The summed E-state index contributed by atoms with van der Waals surface area (Å²) in [4.78, 5) is 25.9. The maximum absolute atomic E-state index is 13.0. The zero-order valence-corrected chi connectivity index (χ0v) is 27.6. The summed E-state index contributed by atoms with van der Waals surface area (Å²) in [6, 6.07) is 0. The zero-order valence-electron chi connectivity index (χ0n) is 27.6. The Labute approximate surface area is 278 Å². The third-order valence-electron chi connectivity index (χ3n) is 8.53. The van der Waals surface area contributed by atoms with Gasteiger partial charge in [0.1, 0.15) is 36.6 Å². The van der Waals surface area contributed by atoms with Gasteiger partial charge in [0.25, 0.3) is 0 Å². The van der Waals surface area contributed by atoms with Crippen LogP contribution in [0, 0.1) is 0 Å². The standard InChI is InChI=1S/C34H58O13/c1-3-5-7-9-11-13-15-17-19-25(37)45-31-28(40)24(22-36)44-34(47-33-30(42)29(41)27(39)23(21-35)43-33)32(31)46-26(38)20-18-16-14-12-10-8-6-4-2/h3-4,23-24,27-36,39-42H,1-2,5-22H2/t23-,24-,27-,28-,29+,30-,31+,32-,33-,34-/m1/s1. The molecule has 47 heavy (non-hydrogen) atoms. The number of ether oxygens (including phenoxy) is 5. The third kappa shape index (κ3) is 14.2. The molecule has 0 spiro atoms.